The van der Waals surface area contributed by atoms with E-state index in [1.165, 1.54) is 6.42 Å². The largest absolute Gasteiger partial charge is 0.496 e. The van der Waals surface area contributed by atoms with Crippen LogP contribution in [0, 0.1) is 17.8 Å². The van der Waals surface area contributed by atoms with Crippen molar-refractivity contribution in [2.24, 2.45) is 17.8 Å². The van der Waals surface area contributed by atoms with E-state index in [1.807, 2.05) is 0 Å². The maximum atomic E-state index is 12.4. The molecule has 0 saturated heterocycles. The summed E-state index contributed by atoms with van der Waals surface area (Å²) in [6.07, 6.45) is 3.44. The third-order valence-corrected chi connectivity index (χ3v) is 4.28. The van der Waals surface area contributed by atoms with Crippen molar-refractivity contribution in [3.05, 3.63) is 28.8 Å². The second-order valence-electron chi connectivity index (χ2n) is 5.13. The Labute approximate surface area is 106 Å². The van der Waals surface area contributed by atoms with Gasteiger partial charge in [0.25, 0.3) is 0 Å². The Morgan fingerprint density at radius 2 is 2.00 bits per heavy atom. The molecule has 2 aliphatic carbocycles. The molecule has 0 aliphatic heterocycles. The van der Waals surface area contributed by atoms with Crippen LogP contribution < -0.4 is 4.74 Å². The number of hydrogen-bond donors (Lipinski definition) is 0. The quantitative estimate of drug-likeness (QED) is 0.767. The van der Waals surface area contributed by atoms with Crippen molar-refractivity contribution in [3.63, 3.8) is 0 Å². The molecule has 2 fully saturated rings. The molecule has 2 unspecified atom stereocenters. The molecule has 2 nitrogen and oxygen atoms in total. The van der Waals surface area contributed by atoms with Gasteiger partial charge in [-0.2, -0.15) is 0 Å². The summed E-state index contributed by atoms with van der Waals surface area (Å²) in [5.41, 5.74) is 0.645. The maximum absolute atomic E-state index is 12.4. The van der Waals surface area contributed by atoms with Crippen molar-refractivity contribution in [2.75, 3.05) is 7.11 Å². The predicted octanol–water partition coefficient (Wildman–Crippen LogP) is 3.58. The molecule has 0 heterocycles. The minimum atomic E-state index is 0.186. The number of hydrogen-bond acceptors (Lipinski definition) is 2. The van der Waals surface area contributed by atoms with Gasteiger partial charge in [0.1, 0.15) is 5.75 Å². The van der Waals surface area contributed by atoms with Crippen LogP contribution in [0.1, 0.15) is 29.6 Å². The molecule has 0 bridgehead atoms. The van der Waals surface area contributed by atoms with E-state index >= 15 is 0 Å². The number of carbonyl (C=O) groups excluding carboxylic acids is 1. The lowest BCUT2D eigenvalue weighted by Gasteiger charge is -2.13. The molecule has 3 heteroatoms. The van der Waals surface area contributed by atoms with Crippen molar-refractivity contribution < 1.29 is 9.53 Å². The van der Waals surface area contributed by atoms with E-state index in [0.717, 1.165) is 24.7 Å². The number of Topliss-reactive ketones (excluding diaryl/α,β-unsaturated/α-hetero) is 1. The minimum Gasteiger partial charge on any atom is -0.496 e. The van der Waals surface area contributed by atoms with E-state index in [0.29, 0.717) is 16.3 Å². The molecule has 1 aromatic carbocycles. The Balaban J connectivity index is 1.87. The molecule has 2 saturated carbocycles. The lowest BCUT2D eigenvalue weighted by Crippen LogP contribution is -2.14. The summed E-state index contributed by atoms with van der Waals surface area (Å²) in [4.78, 5) is 12.4. The molecular formula is C14H15ClO2. The zero-order chi connectivity index (χ0) is 12.0. The lowest BCUT2D eigenvalue weighted by molar-refractivity contribution is 0.0911. The van der Waals surface area contributed by atoms with Crippen molar-refractivity contribution in [1.29, 1.82) is 0 Å². The molecule has 3 rings (SSSR count). The van der Waals surface area contributed by atoms with Crippen molar-refractivity contribution in [3.8, 4) is 5.75 Å². The van der Waals surface area contributed by atoms with Crippen molar-refractivity contribution in [2.45, 2.75) is 19.3 Å². The number of methoxy groups -OCH3 is 1. The Hall–Kier alpha value is -1.02. The number of carbonyl (C=O) groups is 1. The monoisotopic (exact) mass is 250 g/mol. The van der Waals surface area contributed by atoms with Crippen LogP contribution in [0.5, 0.6) is 5.75 Å². The fourth-order valence-electron chi connectivity index (χ4n) is 3.02. The van der Waals surface area contributed by atoms with Gasteiger partial charge in [0.05, 0.1) is 12.7 Å². The van der Waals surface area contributed by atoms with Crippen LogP contribution in [0.2, 0.25) is 5.02 Å². The Morgan fingerprint density at radius 1 is 1.29 bits per heavy atom. The molecule has 2 aliphatic rings. The van der Waals surface area contributed by atoms with Gasteiger partial charge in [-0.25, -0.2) is 0 Å². The second kappa shape index (κ2) is 4.02. The molecule has 0 spiro atoms. The summed E-state index contributed by atoms with van der Waals surface area (Å²) < 4.78 is 5.24. The average molecular weight is 251 g/mol. The van der Waals surface area contributed by atoms with Gasteiger partial charge in [0, 0.05) is 10.9 Å². The van der Waals surface area contributed by atoms with E-state index in [9.17, 15) is 4.79 Å². The first-order valence-electron chi connectivity index (χ1n) is 6.07. The fourth-order valence-corrected chi connectivity index (χ4v) is 3.19. The van der Waals surface area contributed by atoms with Crippen LogP contribution in [0.4, 0.5) is 0 Å². The molecule has 0 aromatic heterocycles. The molecule has 0 N–H and O–H groups in total. The highest BCUT2D eigenvalue weighted by Crippen LogP contribution is 2.55. The molecule has 1 aromatic rings. The third kappa shape index (κ3) is 1.95. The Bertz CT molecular complexity index is 459. The normalized spacial score (nSPS) is 29.9. The van der Waals surface area contributed by atoms with E-state index < -0.39 is 0 Å². The van der Waals surface area contributed by atoms with Crippen LogP contribution in [0.3, 0.4) is 0 Å². The Kier molecular flexibility index (Phi) is 2.62. The van der Waals surface area contributed by atoms with Crippen LogP contribution in [0.25, 0.3) is 0 Å². The van der Waals surface area contributed by atoms with Crippen LogP contribution >= 0.6 is 11.6 Å². The smallest absolute Gasteiger partial charge is 0.169 e. The highest BCUT2D eigenvalue weighted by molar-refractivity contribution is 6.31. The first-order chi connectivity index (χ1) is 8.19. The predicted molar refractivity (Wildman–Crippen MR) is 66.7 cm³/mol. The topological polar surface area (TPSA) is 26.3 Å². The Morgan fingerprint density at radius 3 is 2.65 bits per heavy atom. The summed E-state index contributed by atoms with van der Waals surface area (Å²) in [6.45, 7) is 0. The zero-order valence-corrected chi connectivity index (χ0v) is 10.5. The fraction of sp³-hybridized carbons (Fsp3) is 0.500. The number of rotatable bonds is 3. The molecule has 0 radical (unpaired) electrons. The zero-order valence-electron chi connectivity index (χ0n) is 9.78. The average Bonchev–Trinajstić information content (AvgIpc) is 2.95. The van der Waals surface area contributed by atoms with E-state index in [4.69, 9.17) is 16.3 Å². The second-order valence-corrected chi connectivity index (χ2v) is 5.57. The summed E-state index contributed by atoms with van der Waals surface area (Å²) in [5, 5.41) is 0.595. The first kappa shape index (κ1) is 11.1. The van der Waals surface area contributed by atoms with Crippen LogP contribution in [-0.2, 0) is 0 Å². The highest BCUT2D eigenvalue weighted by Gasteiger charge is 2.48. The van der Waals surface area contributed by atoms with Gasteiger partial charge in [0.2, 0.25) is 0 Å². The van der Waals surface area contributed by atoms with Crippen molar-refractivity contribution >= 4 is 17.4 Å². The number of fused-ring (bicyclic) bond motifs is 1. The van der Waals surface area contributed by atoms with E-state index in [1.54, 1.807) is 25.3 Å². The standard InChI is InChI=1S/C14H15ClO2/c1-17-13-3-2-11(15)7-12(13)14(16)10-5-8-4-9(8)6-10/h2-3,7-10H,4-6H2,1H3. The van der Waals surface area contributed by atoms with Crippen LogP contribution in [0.15, 0.2) is 18.2 Å². The highest BCUT2D eigenvalue weighted by atomic mass is 35.5. The van der Waals surface area contributed by atoms with Gasteiger partial charge in [-0.3, -0.25) is 4.79 Å². The van der Waals surface area contributed by atoms with Crippen LogP contribution in [-0.4, -0.2) is 12.9 Å². The summed E-state index contributed by atoms with van der Waals surface area (Å²) in [6, 6.07) is 5.25. The number of halogens is 1. The van der Waals surface area contributed by atoms with Gasteiger partial charge < -0.3 is 4.74 Å². The van der Waals surface area contributed by atoms with Crippen molar-refractivity contribution in [1.82, 2.24) is 0 Å². The lowest BCUT2D eigenvalue weighted by atomic mass is 9.93. The maximum Gasteiger partial charge on any atom is 0.169 e. The van der Waals surface area contributed by atoms with Gasteiger partial charge in [-0.05, 0) is 49.3 Å². The summed E-state index contributed by atoms with van der Waals surface area (Å²) in [5.74, 6) is 2.66. The third-order valence-electron chi connectivity index (χ3n) is 4.04. The SMILES string of the molecule is COc1ccc(Cl)cc1C(=O)C1CC2CC2C1. The first-order valence-corrected chi connectivity index (χ1v) is 6.44. The van der Waals surface area contributed by atoms with Gasteiger partial charge >= 0.3 is 0 Å². The number of ketones is 1. The minimum absolute atomic E-state index is 0.186. The van der Waals surface area contributed by atoms with E-state index in [2.05, 4.69) is 0 Å². The van der Waals surface area contributed by atoms with Gasteiger partial charge in [0.15, 0.2) is 5.78 Å². The van der Waals surface area contributed by atoms with Gasteiger partial charge in [-0.1, -0.05) is 11.6 Å². The number of benzene rings is 1. The summed E-state index contributed by atoms with van der Waals surface area (Å²) >= 11 is 5.95. The molecule has 0 amide bonds. The van der Waals surface area contributed by atoms with E-state index in [-0.39, 0.29) is 11.7 Å². The number of ether oxygens (including phenoxy) is 1. The molecule has 2 atom stereocenters. The molecular weight excluding hydrogens is 236 g/mol. The molecule has 90 valence electrons. The molecule has 17 heavy (non-hydrogen) atoms. The van der Waals surface area contributed by atoms with Gasteiger partial charge in [-0.15, -0.1) is 0 Å². The summed E-state index contributed by atoms with van der Waals surface area (Å²) in [7, 11) is 1.59.